The fourth-order valence-corrected chi connectivity index (χ4v) is 2.95. The molecule has 132 valence electrons. The zero-order chi connectivity index (χ0) is 17.8. The van der Waals surface area contributed by atoms with Crippen LogP contribution in [0.25, 0.3) is 0 Å². The second-order valence-electron chi connectivity index (χ2n) is 6.38. The van der Waals surface area contributed by atoms with Gasteiger partial charge in [0, 0.05) is 17.4 Å². The van der Waals surface area contributed by atoms with Crippen molar-refractivity contribution in [3.05, 3.63) is 59.7 Å². The van der Waals surface area contributed by atoms with E-state index in [1.54, 1.807) is 12.1 Å². The molecule has 4 nitrogen and oxygen atoms in total. The van der Waals surface area contributed by atoms with Crippen LogP contribution in [0.1, 0.15) is 23.2 Å². The molecule has 0 bridgehead atoms. The molecule has 2 aromatic carbocycles. The van der Waals surface area contributed by atoms with E-state index >= 15 is 0 Å². The van der Waals surface area contributed by atoms with Gasteiger partial charge in [-0.25, -0.2) is 8.78 Å². The minimum atomic E-state index is -0.750. The molecule has 6 heteroatoms. The van der Waals surface area contributed by atoms with Gasteiger partial charge < -0.3 is 15.5 Å². The summed E-state index contributed by atoms with van der Waals surface area (Å²) in [5.74, 6) is -2.07. The van der Waals surface area contributed by atoms with Crippen LogP contribution in [0.3, 0.4) is 0 Å². The first-order chi connectivity index (χ1) is 12.0. The zero-order valence-electron chi connectivity index (χ0n) is 14.1. The predicted molar refractivity (Wildman–Crippen MR) is 94.9 cm³/mol. The molecule has 0 aliphatic carbocycles. The van der Waals surface area contributed by atoms with Crippen molar-refractivity contribution < 1.29 is 13.6 Å². The number of halogens is 2. The molecule has 2 N–H and O–H groups in total. The van der Waals surface area contributed by atoms with Gasteiger partial charge in [-0.05, 0) is 69.4 Å². The van der Waals surface area contributed by atoms with E-state index in [2.05, 4.69) is 22.6 Å². The third-order valence-electron chi connectivity index (χ3n) is 4.38. The number of benzene rings is 2. The number of nitrogens with one attached hydrogen (secondary N) is 2. The van der Waals surface area contributed by atoms with Gasteiger partial charge in [-0.1, -0.05) is 6.07 Å². The van der Waals surface area contributed by atoms with Crippen LogP contribution in [0.15, 0.2) is 42.5 Å². The van der Waals surface area contributed by atoms with Crippen LogP contribution in [0.2, 0.25) is 0 Å². The van der Waals surface area contributed by atoms with Crippen molar-refractivity contribution in [1.29, 1.82) is 0 Å². The summed E-state index contributed by atoms with van der Waals surface area (Å²) in [7, 11) is 2.11. The lowest BCUT2D eigenvalue weighted by Crippen LogP contribution is -2.36. The Hall–Kier alpha value is -2.47. The molecule has 1 aliphatic heterocycles. The SMILES string of the molecule is CN1CCC(Nc2cccc(NC(=O)c3cc(F)ccc3F)c2)CC1. The molecule has 0 aromatic heterocycles. The minimum absolute atomic E-state index is 0.311. The third-order valence-corrected chi connectivity index (χ3v) is 4.38. The van der Waals surface area contributed by atoms with E-state index in [4.69, 9.17) is 0 Å². The lowest BCUT2D eigenvalue weighted by Gasteiger charge is -2.30. The maximum Gasteiger partial charge on any atom is 0.258 e. The molecule has 0 unspecified atom stereocenters. The number of hydrogen-bond acceptors (Lipinski definition) is 3. The highest BCUT2D eigenvalue weighted by molar-refractivity contribution is 6.04. The normalized spacial score (nSPS) is 15.8. The number of piperidine rings is 1. The first kappa shape index (κ1) is 17.4. The standard InChI is InChI=1S/C19H21F2N3O/c1-24-9-7-14(8-10-24)22-15-3-2-4-16(12-15)23-19(25)17-11-13(20)5-6-18(17)21/h2-6,11-12,14,22H,7-10H2,1H3,(H,23,25). The molecular weight excluding hydrogens is 324 g/mol. The Morgan fingerprint density at radius 3 is 2.56 bits per heavy atom. The molecule has 3 rings (SSSR count). The highest BCUT2D eigenvalue weighted by Gasteiger charge is 2.17. The molecule has 0 spiro atoms. The Bertz CT molecular complexity index is 758. The van der Waals surface area contributed by atoms with Crippen molar-refractivity contribution in [3.63, 3.8) is 0 Å². The lowest BCUT2D eigenvalue weighted by molar-refractivity contribution is 0.102. The smallest absolute Gasteiger partial charge is 0.258 e. The summed E-state index contributed by atoms with van der Waals surface area (Å²) < 4.78 is 26.9. The Morgan fingerprint density at radius 2 is 1.80 bits per heavy atom. The number of rotatable bonds is 4. The van der Waals surface area contributed by atoms with Crippen molar-refractivity contribution in [1.82, 2.24) is 4.90 Å². The summed E-state index contributed by atoms with van der Waals surface area (Å²) in [6.45, 7) is 2.10. The largest absolute Gasteiger partial charge is 0.382 e. The summed E-state index contributed by atoms with van der Waals surface area (Å²) in [6, 6.07) is 10.5. The number of likely N-dealkylation sites (tertiary alicyclic amines) is 1. The van der Waals surface area contributed by atoms with Crippen LogP contribution in [0, 0.1) is 11.6 Å². The maximum atomic E-state index is 13.7. The van der Waals surface area contributed by atoms with E-state index in [9.17, 15) is 13.6 Å². The fraction of sp³-hybridized carbons (Fsp3) is 0.316. The molecule has 1 aliphatic rings. The van der Waals surface area contributed by atoms with Crippen LogP contribution in [-0.4, -0.2) is 37.0 Å². The van der Waals surface area contributed by atoms with Gasteiger partial charge in [0.05, 0.1) is 5.56 Å². The number of carbonyl (C=O) groups excluding carboxylic acids is 1. The van der Waals surface area contributed by atoms with Crippen molar-refractivity contribution in [2.45, 2.75) is 18.9 Å². The van der Waals surface area contributed by atoms with E-state index in [1.165, 1.54) is 0 Å². The maximum absolute atomic E-state index is 13.7. The van der Waals surface area contributed by atoms with Gasteiger partial charge in [0.1, 0.15) is 11.6 Å². The van der Waals surface area contributed by atoms with E-state index in [1.807, 2.05) is 12.1 Å². The minimum Gasteiger partial charge on any atom is -0.382 e. The van der Waals surface area contributed by atoms with Gasteiger partial charge in [-0.15, -0.1) is 0 Å². The summed E-state index contributed by atoms with van der Waals surface area (Å²) >= 11 is 0. The van der Waals surface area contributed by atoms with Crippen LogP contribution in [0.4, 0.5) is 20.2 Å². The number of hydrogen-bond donors (Lipinski definition) is 2. The Morgan fingerprint density at radius 1 is 1.08 bits per heavy atom. The molecule has 2 aromatic rings. The first-order valence-electron chi connectivity index (χ1n) is 8.33. The van der Waals surface area contributed by atoms with Gasteiger partial charge in [0.2, 0.25) is 0 Å². The number of carbonyl (C=O) groups is 1. The zero-order valence-corrected chi connectivity index (χ0v) is 14.1. The van der Waals surface area contributed by atoms with E-state index < -0.39 is 17.5 Å². The van der Waals surface area contributed by atoms with Gasteiger partial charge in [0.15, 0.2) is 0 Å². The quantitative estimate of drug-likeness (QED) is 0.888. The van der Waals surface area contributed by atoms with Crippen LogP contribution in [0.5, 0.6) is 0 Å². The van der Waals surface area contributed by atoms with E-state index in [0.29, 0.717) is 11.7 Å². The predicted octanol–water partition coefficient (Wildman–Crippen LogP) is 3.72. The lowest BCUT2D eigenvalue weighted by atomic mass is 10.1. The average molecular weight is 345 g/mol. The number of nitrogens with zero attached hydrogens (tertiary/aromatic N) is 1. The number of amides is 1. The van der Waals surface area contributed by atoms with Crippen LogP contribution >= 0.6 is 0 Å². The molecular formula is C19H21F2N3O. The Labute approximate surface area is 145 Å². The Kier molecular flexibility index (Phi) is 5.28. The molecule has 1 amide bonds. The molecule has 0 saturated carbocycles. The molecule has 1 fully saturated rings. The third kappa shape index (κ3) is 4.54. The average Bonchev–Trinajstić information content (AvgIpc) is 2.59. The monoisotopic (exact) mass is 345 g/mol. The molecule has 25 heavy (non-hydrogen) atoms. The van der Waals surface area contributed by atoms with Crippen molar-refractivity contribution >= 4 is 17.3 Å². The molecule has 1 heterocycles. The molecule has 1 saturated heterocycles. The summed E-state index contributed by atoms with van der Waals surface area (Å²) in [6.07, 6.45) is 2.11. The van der Waals surface area contributed by atoms with Crippen LogP contribution < -0.4 is 10.6 Å². The van der Waals surface area contributed by atoms with Gasteiger partial charge in [0.25, 0.3) is 5.91 Å². The van der Waals surface area contributed by atoms with Crippen molar-refractivity contribution in [3.8, 4) is 0 Å². The Balaban J connectivity index is 1.67. The molecule has 0 atom stereocenters. The van der Waals surface area contributed by atoms with E-state index in [-0.39, 0.29) is 5.56 Å². The van der Waals surface area contributed by atoms with Gasteiger partial charge in [-0.2, -0.15) is 0 Å². The fourth-order valence-electron chi connectivity index (χ4n) is 2.95. The summed E-state index contributed by atoms with van der Waals surface area (Å²) in [5.41, 5.74) is 1.12. The van der Waals surface area contributed by atoms with Crippen molar-refractivity contribution in [2.24, 2.45) is 0 Å². The highest BCUT2D eigenvalue weighted by atomic mass is 19.1. The van der Waals surface area contributed by atoms with Crippen LogP contribution in [-0.2, 0) is 0 Å². The topological polar surface area (TPSA) is 44.4 Å². The van der Waals surface area contributed by atoms with Gasteiger partial charge in [-0.3, -0.25) is 4.79 Å². The number of anilines is 2. The van der Waals surface area contributed by atoms with Crippen molar-refractivity contribution in [2.75, 3.05) is 30.8 Å². The second-order valence-corrected chi connectivity index (χ2v) is 6.38. The summed E-state index contributed by atoms with van der Waals surface area (Å²) in [5, 5.41) is 6.08. The summed E-state index contributed by atoms with van der Waals surface area (Å²) in [4.78, 5) is 14.5. The highest BCUT2D eigenvalue weighted by Crippen LogP contribution is 2.20. The van der Waals surface area contributed by atoms with E-state index in [0.717, 1.165) is 49.8 Å². The molecule has 0 radical (unpaired) electrons. The second kappa shape index (κ2) is 7.61. The first-order valence-corrected chi connectivity index (χ1v) is 8.33. The van der Waals surface area contributed by atoms with Gasteiger partial charge >= 0.3 is 0 Å².